The molecule has 0 bridgehead atoms. The number of rotatable bonds is 2. The van der Waals surface area contributed by atoms with Gasteiger partial charge in [-0.25, -0.2) is 4.39 Å². The van der Waals surface area contributed by atoms with Crippen LogP contribution in [0.15, 0.2) is 24.3 Å². The van der Waals surface area contributed by atoms with Crippen molar-refractivity contribution in [1.29, 1.82) is 0 Å². The highest BCUT2D eigenvalue weighted by Crippen LogP contribution is 2.31. The first kappa shape index (κ1) is 12.0. The van der Waals surface area contributed by atoms with Crippen molar-refractivity contribution < 1.29 is 4.39 Å². The van der Waals surface area contributed by atoms with E-state index in [1.807, 2.05) is 6.07 Å². The summed E-state index contributed by atoms with van der Waals surface area (Å²) in [4.78, 5) is 2.32. The number of anilines is 1. The van der Waals surface area contributed by atoms with E-state index in [-0.39, 0.29) is 5.82 Å². The Hall–Kier alpha value is -1.09. The summed E-state index contributed by atoms with van der Waals surface area (Å²) in [6.07, 6.45) is 3.84. The third-order valence-electron chi connectivity index (χ3n) is 4.48. The SMILES string of the molecule is Fc1cccc(N2CCC(C3CCNC3)CC2)c1. The normalized spacial score (nSPS) is 25.6. The van der Waals surface area contributed by atoms with Crippen molar-refractivity contribution in [3.63, 3.8) is 0 Å². The Morgan fingerprint density at radius 1 is 1.11 bits per heavy atom. The molecule has 1 aromatic carbocycles. The molecule has 0 aromatic heterocycles. The minimum absolute atomic E-state index is 0.130. The average Bonchev–Trinajstić information content (AvgIpc) is 2.93. The van der Waals surface area contributed by atoms with Gasteiger partial charge in [-0.3, -0.25) is 0 Å². The molecule has 1 atom stereocenters. The van der Waals surface area contributed by atoms with Crippen molar-refractivity contribution in [2.45, 2.75) is 19.3 Å². The third-order valence-corrected chi connectivity index (χ3v) is 4.48. The molecule has 1 N–H and O–H groups in total. The first-order valence-electron chi connectivity index (χ1n) is 7.04. The average molecular weight is 248 g/mol. The molecule has 1 aromatic rings. The molecule has 2 aliphatic rings. The van der Waals surface area contributed by atoms with Crippen molar-refractivity contribution in [2.24, 2.45) is 11.8 Å². The summed E-state index contributed by atoms with van der Waals surface area (Å²) >= 11 is 0. The van der Waals surface area contributed by atoms with E-state index in [2.05, 4.69) is 10.2 Å². The first-order valence-corrected chi connectivity index (χ1v) is 7.04. The molecule has 2 saturated heterocycles. The number of nitrogens with one attached hydrogen (secondary N) is 1. The molecule has 2 aliphatic heterocycles. The highest BCUT2D eigenvalue weighted by atomic mass is 19.1. The fourth-order valence-electron chi connectivity index (χ4n) is 3.38. The van der Waals surface area contributed by atoms with Gasteiger partial charge in [-0.2, -0.15) is 0 Å². The van der Waals surface area contributed by atoms with Crippen LogP contribution in [0.3, 0.4) is 0 Å². The Bertz CT molecular complexity index is 393. The van der Waals surface area contributed by atoms with E-state index in [4.69, 9.17) is 0 Å². The van der Waals surface area contributed by atoms with Crippen LogP contribution < -0.4 is 10.2 Å². The van der Waals surface area contributed by atoms with E-state index in [1.165, 1.54) is 38.4 Å². The lowest BCUT2D eigenvalue weighted by atomic mass is 9.83. The maximum Gasteiger partial charge on any atom is 0.125 e. The molecule has 2 heterocycles. The van der Waals surface area contributed by atoms with Crippen LogP contribution in [0, 0.1) is 17.7 Å². The molecular formula is C15H21FN2. The maximum atomic E-state index is 13.2. The van der Waals surface area contributed by atoms with Crippen LogP contribution in [0.1, 0.15) is 19.3 Å². The van der Waals surface area contributed by atoms with Gasteiger partial charge in [0.1, 0.15) is 5.82 Å². The number of benzene rings is 1. The second kappa shape index (κ2) is 5.27. The van der Waals surface area contributed by atoms with Crippen LogP contribution in [-0.4, -0.2) is 26.2 Å². The van der Waals surface area contributed by atoms with Gasteiger partial charge in [0.25, 0.3) is 0 Å². The predicted molar refractivity (Wildman–Crippen MR) is 72.3 cm³/mol. The zero-order valence-electron chi connectivity index (χ0n) is 10.7. The monoisotopic (exact) mass is 248 g/mol. The summed E-state index contributed by atoms with van der Waals surface area (Å²) in [6.45, 7) is 4.54. The molecule has 2 nitrogen and oxygen atoms in total. The van der Waals surface area contributed by atoms with Crippen molar-refractivity contribution >= 4 is 5.69 Å². The van der Waals surface area contributed by atoms with Gasteiger partial charge < -0.3 is 10.2 Å². The van der Waals surface area contributed by atoms with Gasteiger partial charge in [0.2, 0.25) is 0 Å². The largest absolute Gasteiger partial charge is 0.371 e. The molecule has 3 rings (SSSR count). The molecule has 1 unspecified atom stereocenters. The lowest BCUT2D eigenvalue weighted by Gasteiger charge is -2.36. The molecule has 0 aliphatic carbocycles. The maximum absolute atomic E-state index is 13.2. The fraction of sp³-hybridized carbons (Fsp3) is 0.600. The van der Waals surface area contributed by atoms with Gasteiger partial charge in [0.15, 0.2) is 0 Å². The van der Waals surface area contributed by atoms with Crippen molar-refractivity contribution in [3.05, 3.63) is 30.1 Å². The van der Waals surface area contributed by atoms with Crippen LogP contribution in [0.4, 0.5) is 10.1 Å². The number of halogens is 1. The lowest BCUT2D eigenvalue weighted by molar-refractivity contribution is 0.292. The van der Waals surface area contributed by atoms with E-state index in [9.17, 15) is 4.39 Å². The highest BCUT2D eigenvalue weighted by Gasteiger charge is 2.28. The molecule has 98 valence electrons. The van der Waals surface area contributed by atoms with E-state index in [1.54, 1.807) is 12.1 Å². The van der Waals surface area contributed by atoms with Crippen LogP contribution in [0.2, 0.25) is 0 Å². The summed E-state index contributed by atoms with van der Waals surface area (Å²) < 4.78 is 13.2. The highest BCUT2D eigenvalue weighted by molar-refractivity contribution is 5.46. The third kappa shape index (κ3) is 2.51. The van der Waals surface area contributed by atoms with Gasteiger partial charge >= 0.3 is 0 Å². The number of hydrogen-bond acceptors (Lipinski definition) is 2. The van der Waals surface area contributed by atoms with Gasteiger partial charge in [-0.1, -0.05) is 6.07 Å². The van der Waals surface area contributed by atoms with Gasteiger partial charge in [-0.05, 0) is 62.4 Å². The summed E-state index contributed by atoms with van der Waals surface area (Å²) in [6, 6.07) is 6.98. The predicted octanol–water partition coefficient (Wildman–Crippen LogP) is 2.65. The molecule has 0 spiro atoms. The standard InChI is InChI=1S/C15H21FN2/c16-14-2-1-3-15(10-14)18-8-5-12(6-9-18)13-4-7-17-11-13/h1-3,10,12-13,17H,4-9,11H2. The summed E-state index contributed by atoms with van der Waals surface area (Å²) in [7, 11) is 0. The topological polar surface area (TPSA) is 15.3 Å². The molecule has 18 heavy (non-hydrogen) atoms. The smallest absolute Gasteiger partial charge is 0.125 e. The van der Waals surface area contributed by atoms with E-state index >= 15 is 0 Å². The lowest BCUT2D eigenvalue weighted by Crippen LogP contribution is -2.36. The number of piperidine rings is 1. The molecule has 2 fully saturated rings. The number of hydrogen-bond donors (Lipinski definition) is 1. The van der Waals surface area contributed by atoms with Crippen molar-refractivity contribution in [1.82, 2.24) is 5.32 Å². The Balaban J connectivity index is 1.59. The molecule has 3 heteroatoms. The molecule has 0 amide bonds. The van der Waals surface area contributed by atoms with Crippen LogP contribution in [0.5, 0.6) is 0 Å². The zero-order valence-corrected chi connectivity index (χ0v) is 10.7. The van der Waals surface area contributed by atoms with E-state index in [0.29, 0.717) is 0 Å². The Morgan fingerprint density at radius 3 is 2.61 bits per heavy atom. The van der Waals surface area contributed by atoms with Crippen LogP contribution >= 0.6 is 0 Å². The van der Waals surface area contributed by atoms with Crippen molar-refractivity contribution in [2.75, 3.05) is 31.1 Å². The van der Waals surface area contributed by atoms with E-state index < -0.39 is 0 Å². The molecular weight excluding hydrogens is 227 g/mol. The fourth-order valence-corrected chi connectivity index (χ4v) is 3.38. The quantitative estimate of drug-likeness (QED) is 0.865. The summed E-state index contributed by atoms with van der Waals surface area (Å²) in [5, 5.41) is 3.46. The van der Waals surface area contributed by atoms with Gasteiger partial charge in [0, 0.05) is 18.8 Å². The summed E-state index contributed by atoms with van der Waals surface area (Å²) in [5.74, 6) is 1.61. The van der Waals surface area contributed by atoms with Crippen molar-refractivity contribution in [3.8, 4) is 0 Å². The van der Waals surface area contributed by atoms with E-state index in [0.717, 1.165) is 30.6 Å². The number of nitrogens with zero attached hydrogens (tertiary/aromatic N) is 1. The molecule has 0 saturated carbocycles. The second-order valence-corrected chi connectivity index (χ2v) is 5.56. The first-order chi connectivity index (χ1) is 8.83. The minimum Gasteiger partial charge on any atom is -0.371 e. The molecule has 0 radical (unpaired) electrons. The van der Waals surface area contributed by atoms with Crippen LogP contribution in [-0.2, 0) is 0 Å². The van der Waals surface area contributed by atoms with Gasteiger partial charge in [0.05, 0.1) is 0 Å². The Kier molecular flexibility index (Phi) is 3.50. The zero-order chi connectivity index (χ0) is 12.4. The Morgan fingerprint density at radius 2 is 1.94 bits per heavy atom. The van der Waals surface area contributed by atoms with Gasteiger partial charge in [-0.15, -0.1) is 0 Å². The summed E-state index contributed by atoms with van der Waals surface area (Å²) in [5.41, 5.74) is 1.04. The Labute approximate surface area is 108 Å². The van der Waals surface area contributed by atoms with Crippen LogP contribution in [0.25, 0.3) is 0 Å². The minimum atomic E-state index is -0.130. The second-order valence-electron chi connectivity index (χ2n) is 5.56.